The van der Waals surface area contributed by atoms with Gasteiger partial charge in [-0.05, 0) is 25.3 Å². The molecule has 1 aliphatic rings. The fourth-order valence-corrected chi connectivity index (χ4v) is 3.44. The van der Waals surface area contributed by atoms with E-state index in [1.54, 1.807) is 7.05 Å². The summed E-state index contributed by atoms with van der Waals surface area (Å²) in [6.07, 6.45) is 1.26. The second-order valence-electron chi connectivity index (χ2n) is 5.41. The van der Waals surface area contributed by atoms with Gasteiger partial charge in [-0.15, -0.1) is 0 Å². The molecule has 0 radical (unpaired) electrons. The summed E-state index contributed by atoms with van der Waals surface area (Å²) in [5.41, 5.74) is -0.903. The van der Waals surface area contributed by atoms with E-state index in [9.17, 15) is 13.5 Å². The molecule has 1 rings (SSSR count). The number of rotatable bonds is 6. The topological polar surface area (TPSA) is 69.6 Å². The molecule has 0 bridgehead atoms. The molecule has 0 spiro atoms. The summed E-state index contributed by atoms with van der Waals surface area (Å²) < 4.78 is 25.2. The molecule has 0 saturated carbocycles. The number of aliphatic hydroxyl groups is 1. The van der Waals surface area contributed by atoms with Gasteiger partial charge in [0.2, 0.25) is 10.0 Å². The van der Waals surface area contributed by atoms with Crippen molar-refractivity contribution in [2.24, 2.45) is 5.92 Å². The van der Waals surface area contributed by atoms with E-state index in [0.29, 0.717) is 25.3 Å². The molecule has 102 valence electrons. The molecule has 1 atom stereocenters. The van der Waals surface area contributed by atoms with Crippen LogP contribution in [-0.4, -0.2) is 55.9 Å². The predicted molar refractivity (Wildman–Crippen MR) is 68.3 cm³/mol. The molecule has 1 heterocycles. The lowest BCUT2D eigenvalue weighted by atomic mass is 10.0. The zero-order chi connectivity index (χ0) is 13.1. The smallest absolute Gasteiger partial charge is 0.213 e. The SMILES string of the molecule is CC(C)CCS(=O)(=O)N(C)CC1(O)CCNC1. The molecule has 0 aliphatic carbocycles. The van der Waals surface area contributed by atoms with E-state index in [-0.39, 0.29) is 12.3 Å². The quantitative estimate of drug-likeness (QED) is 0.709. The summed E-state index contributed by atoms with van der Waals surface area (Å²) in [5.74, 6) is 0.527. The van der Waals surface area contributed by atoms with Crippen molar-refractivity contribution in [3.63, 3.8) is 0 Å². The van der Waals surface area contributed by atoms with Crippen LogP contribution in [-0.2, 0) is 10.0 Å². The highest BCUT2D eigenvalue weighted by atomic mass is 32.2. The second kappa shape index (κ2) is 5.65. The molecule has 1 unspecified atom stereocenters. The normalized spacial score (nSPS) is 26.0. The average molecular weight is 264 g/mol. The molecule has 2 N–H and O–H groups in total. The minimum Gasteiger partial charge on any atom is -0.387 e. The number of nitrogens with zero attached hydrogens (tertiary/aromatic N) is 1. The number of sulfonamides is 1. The fraction of sp³-hybridized carbons (Fsp3) is 1.00. The number of hydrogen-bond donors (Lipinski definition) is 2. The zero-order valence-electron chi connectivity index (χ0n) is 10.9. The maximum absolute atomic E-state index is 12.0. The Labute approximate surface area is 104 Å². The van der Waals surface area contributed by atoms with E-state index in [1.165, 1.54) is 4.31 Å². The Hall–Kier alpha value is -0.170. The van der Waals surface area contributed by atoms with Crippen molar-refractivity contribution in [2.75, 3.05) is 32.4 Å². The molecule has 1 fully saturated rings. The van der Waals surface area contributed by atoms with Gasteiger partial charge in [0, 0.05) is 20.1 Å². The van der Waals surface area contributed by atoms with Gasteiger partial charge in [0.1, 0.15) is 0 Å². The van der Waals surface area contributed by atoms with Crippen LogP contribution in [0.4, 0.5) is 0 Å². The van der Waals surface area contributed by atoms with Crippen molar-refractivity contribution in [3.05, 3.63) is 0 Å². The van der Waals surface area contributed by atoms with Crippen LogP contribution in [0, 0.1) is 5.92 Å². The first kappa shape index (κ1) is 14.9. The highest BCUT2D eigenvalue weighted by Gasteiger charge is 2.35. The van der Waals surface area contributed by atoms with Gasteiger partial charge >= 0.3 is 0 Å². The minimum absolute atomic E-state index is 0.157. The lowest BCUT2D eigenvalue weighted by molar-refractivity contribution is 0.0462. The third-order valence-electron chi connectivity index (χ3n) is 3.17. The zero-order valence-corrected chi connectivity index (χ0v) is 11.8. The number of β-amino-alcohol motifs (C(OH)–C–C–N with tert-alkyl or cyclic N) is 1. The highest BCUT2D eigenvalue weighted by Crippen LogP contribution is 2.17. The second-order valence-corrected chi connectivity index (χ2v) is 7.60. The number of hydrogen-bond acceptors (Lipinski definition) is 4. The van der Waals surface area contributed by atoms with Crippen molar-refractivity contribution < 1.29 is 13.5 Å². The van der Waals surface area contributed by atoms with Gasteiger partial charge in [-0.25, -0.2) is 12.7 Å². The molecule has 5 nitrogen and oxygen atoms in total. The van der Waals surface area contributed by atoms with E-state index in [4.69, 9.17) is 0 Å². The molecule has 0 aromatic rings. The summed E-state index contributed by atoms with van der Waals surface area (Å²) >= 11 is 0. The Kier molecular flexibility index (Phi) is 4.95. The van der Waals surface area contributed by atoms with Crippen LogP contribution in [0.3, 0.4) is 0 Å². The van der Waals surface area contributed by atoms with Crippen molar-refractivity contribution in [1.29, 1.82) is 0 Å². The Morgan fingerprint density at radius 2 is 2.12 bits per heavy atom. The largest absolute Gasteiger partial charge is 0.387 e. The third kappa shape index (κ3) is 4.54. The molecule has 1 aliphatic heterocycles. The lowest BCUT2D eigenvalue weighted by Crippen LogP contribution is -2.45. The fourth-order valence-electron chi connectivity index (χ4n) is 1.92. The third-order valence-corrected chi connectivity index (χ3v) is 5.00. The maximum atomic E-state index is 12.0. The van der Waals surface area contributed by atoms with Crippen molar-refractivity contribution in [1.82, 2.24) is 9.62 Å². The number of likely N-dealkylation sites (N-methyl/N-ethyl adjacent to an activating group) is 1. The molecule has 0 aromatic heterocycles. The van der Waals surface area contributed by atoms with Gasteiger partial charge in [-0.2, -0.15) is 0 Å². The van der Waals surface area contributed by atoms with Crippen LogP contribution in [0.25, 0.3) is 0 Å². The van der Waals surface area contributed by atoms with Crippen LogP contribution >= 0.6 is 0 Å². The maximum Gasteiger partial charge on any atom is 0.213 e. The Bertz CT molecular complexity index is 335. The Morgan fingerprint density at radius 3 is 2.59 bits per heavy atom. The monoisotopic (exact) mass is 264 g/mol. The van der Waals surface area contributed by atoms with Gasteiger partial charge < -0.3 is 10.4 Å². The first-order valence-electron chi connectivity index (χ1n) is 6.12. The Balaban J connectivity index is 2.53. The standard InChI is InChI=1S/C11H24N2O3S/c1-10(2)4-7-17(15,16)13(3)9-11(14)5-6-12-8-11/h10,12,14H,4-9H2,1-3H3. The summed E-state index contributed by atoms with van der Waals surface area (Å²) in [6, 6.07) is 0. The lowest BCUT2D eigenvalue weighted by Gasteiger charge is -2.27. The minimum atomic E-state index is -3.24. The van der Waals surface area contributed by atoms with Crippen LogP contribution in [0.5, 0.6) is 0 Å². The van der Waals surface area contributed by atoms with E-state index in [1.807, 2.05) is 13.8 Å². The summed E-state index contributed by atoms with van der Waals surface area (Å²) in [6.45, 7) is 5.40. The Morgan fingerprint density at radius 1 is 1.47 bits per heavy atom. The van der Waals surface area contributed by atoms with Crippen molar-refractivity contribution in [3.8, 4) is 0 Å². The molecule has 6 heteroatoms. The molecular weight excluding hydrogens is 240 g/mol. The van der Waals surface area contributed by atoms with Crippen LogP contribution in [0.2, 0.25) is 0 Å². The van der Waals surface area contributed by atoms with Gasteiger partial charge in [0.05, 0.1) is 11.4 Å². The van der Waals surface area contributed by atoms with Crippen LogP contribution in [0.15, 0.2) is 0 Å². The van der Waals surface area contributed by atoms with Crippen molar-refractivity contribution in [2.45, 2.75) is 32.3 Å². The number of nitrogens with one attached hydrogen (secondary N) is 1. The first-order valence-corrected chi connectivity index (χ1v) is 7.73. The van der Waals surface area contributed by atoms with Gasteiger partial charge in [0.25, 0.3) is 0 Å². The summed E-state index contributed by atoms with van der Waals surface area (Å²) in [5, 5.41) is 13.2. The molecule has 17 heavy (non-hydrogen) atoms. The van der Waals surface area contributed by atoms with E-state index >= 15 is 0 Å². The van der Waals surface area contributed by atoms with E-state index in [2.05, 4.69) is 5.32 Å². The van der Waals surface area contributed by atoms with Gasteiger partial charge in [-0.1, -0.05) is 13.8 Å². The summed E-state index contributed by atoms with van der Waals surface area (Å²) in [7, 11) is -1.69. The van der Waals surface area contributed by atoms with Gasteiger partial charge in [-0.3, -0.25) is 0 Å². The summed E-state index contributed by atoms with van der Waals surface area (Å²) in [4.78, 5) is 0. The molecule has 1 saturated heterocycles. The van der Waals surface area contributed by atoms with E-state index in [0.717, 1.165) is 6.54 Å². The average Bonchev–Trinajstić information content (AvgIpc) is 2.62. The predicted octanol–water partition coefficient (Wildman–Crippen LogP) is 0.0185. The molecule has 0 amide bonds. The van der Waals surface area contributed by atoms with Gasteiger partial charge in [0.15, 0.2) is 0 Å². The van der Waals surface area contributed by atoms with Crippen molar-refractivity contribution >= 4 is 10.0 Å². The molecular formula is C11H24N2O3S. The highest BCUT2D eigenvalue weighted by molar-refractivity contribution is 7.89. The van der Waals surface area contributed by atoms with E-state index < -0.39 is 15.6 Å². The van der Waals surface area contributed by atoms with Crippen LogP contribution in [0.1, 0.15) is 26.7 Å². The molecule has 0 aromatic carbocycles. The van der Waals surface area contributed by atoms with Crippen LogP contribution < -0.4 is 5.32 Å². The first-order chi connectivity index (χ1) is 7.75.